The molecular formula is C20H21FN6O3S. The molecule has 1 aliphatic carbocycles. The second-order valence-electron chi connectivity index (χ2n) is 7.70. The van der Waals surface area contributed by atoms with Crippen LogP contribution in [0.15, 0.2) is 47.4 Å². The lowest BCUT2D eigenvalue weighted by Gasteiger charge is -2.35. The van der Waals surface area contributed by atoms with Crippen molar-refractivity contribution < 1.29 is 17.6 Å². The molecule has 1 N–H and O–H groups in total. The Bertz CT molecular complexity index is 1230. The Balaban J connectivity index is 1.32. The lowest BCUT2D eigenvalue weighted by atomic mass is 10.3. The lowest BCUT2D eigenvalue weighted by molar-refractivity contribution is -0.117. The van der Waals surface area contributed by atoms with Gasteiger partial charge in [0, 0.05) is 32.1 Å². The van der Waals surface area contributed by atoms with Crippen LogP contribution in [0.4, 0.5) is 16.2 Å². The highest BCUT2D eigenvalue weighted by molar-refractivity contribution is 7.89. The minimum atomic E-state index is -3.68. The van der Waals surface area contributed by atoms with E-state index in [4.69, 9.17) is 0 Å². The number of piperazine rings is 1. The molecule has 1 amide bonds. The molecule has 0 spiro atoms. The maximum absolute atomic E-state index is 13.1. The van der Waals surface area contributed by atoms with Gasteiger partial charge in [0.05, 0.1) is 4.90 Å². The summed E-state index contributed by atoms with van der Waals surface area (Å²) in [4.78, 5) is 18.5. The molecule has 5 rings (SSSR count). The van der Waals surface area contributed by atoms with Crippen molar-refractivity contribution >= 4 is 33.3 Å². The fourth-order valence-electron chi connectivity index (χ4n) is 3.65. The zero-order valence-corrected chi connectivity index (χ0v) is 17.4. The monoisotopic (exact) mass is 444 g/mol. The molecule has 3 aromatic rings. The third kappa shape index (κ3) is 3.86. The van der Waals surface area contributed by atoms with E-state index in [2.05, 4.69) is 15.4 Å². The highest BCUT2D eigenvalue weighted by atomic mass is 32.2. The normalized spacial score (nSPS) is 17.8. The number of pyridine rings is 1. The van der Waals surface area contributed by atoms with Crippen molar-refractivity contribution in [3.63, 3.8) is 0 Å². The van der Waals surface area contributed by atoms with Crippen molar-refractivity contribution in [3.8, 4) is 0 Å². The molecule has 0 atom stereocenters. The number of anilines is 2. The summed E-state index contributed by atoms with van der Waals surface area (Å²) in [6.07, 6.45) is 1.80. The Kier molecular flexibility index (Phi) is 4.86. The summed E-state index contributed by atoms with van der Waals surface area (Å²) in [5.41, 5.74) is 0.602. The first-order valence-corrected chi connectivity index (χ1v) is 11.5. The fourth-order valence-corrected chi connectivity index (χ4v) is 5.08. The number of carbonyl (C=O) groups is 1. The summed E-state index contributed by atoms with van der Waals surface area (Å²) in [5, 5.41) is 7.18. The van der Waals surface area contributed by atoms with Gasteiger partial charge < -0.3 is 4.90 Å². The molecule has 0 unspecified atom stereocenters. The lowest BCUT2D eigenvalue weighted by Crippen LogP contribution is -2.49. The van der Waals surface area contributed by atoms with E-state index >= 15 is 0 Å². The first-order chi connectivity index (χ1) is 14.9. The average Bonchev–Trinajstić information content (AvgIpc) is 3.54. The molecule has 162 valence electrons. The van der Waals surface area contributed by atoms with Crippen LogP contribution < -0.4 is 10.2 Å². The zero-order chi connectivity index (χ0) is 21.6. The van der Waals surface area contributed by atoms with Gasteiger partial charge in [0.15, 0.2) is 5.65 Å². The summed E-state index contributed by atoms with van der Waals surface area (Å²) >= 11 is 0. The van der Waals surface area contributed by atoms with Crippen LogP contribution in [0.1, 0.15) is 12.8 Å². The predicted octanol–water partition coefficient (Wildman–Crippen LogP) is 1.73. The fraction of sp³-hybridized carbons (Fsp3) is 0.350. The standard InChI is InChI=1S/C20H21FN6O3S/c21-15-6-8-16(9-7-15)31(29,30)26-12-10-25(11-13-26)18-3-1-2-17-22-20(24-27(17)18)23-19(28)14-4-5-14/h1-3,6-9,14H,4-5,10-13H2,(H,23,24,28). The number of nitrogens with zero attached hydrogens (tertiary/aromatic N) is 5. The number of aromatic nitrogens is 3. The van der Waals surface area contributed by atoms with Gasteiger partial charge in [-0.3, -0.25) is 10.1 Å². The Morgan fingerprint density at radius 1 is 1.03 bits per heavy atom. The van der Waals surface area contributed by atoms with E-state index in [0.717, 1.165) is 30.8 Å². The maximum atomic E-state index is 13.1. The van der Waals surface area contributed by atoms with Crippen LogP contribution in [0.25, 0.3) is 5.65 Å². The predicted molar refractivity (Wildman–Crippen MR) is 112 cm³/mol. The Hall–Kier alpha value is -3.05. The molecule has 1 saturated heterocycles. The third-order valence-corrected chi connectivity index (χ3v) is 7.45. The van der Waals surface area contributed by atoms with Crippen molar-refractivity contribution in [1.29, 1.82) is 0 Å². The van der Waals surface area contributed by atoms with Crippen LogP contribution in [-0.4, -0.2) is 59.4 Å². The number of rotatable bonds is 5. The van der Waals surface area contributed by atoms with Gasteiger partial charge in [-0.2, -0.15) is 13.8 Å². The molecule has 1 saturated carbocycles. The van der Waals surface area contributed by atoms with E-state index < -0.39 is 15.8 Å². The van der Waals surface area contributed by atoms with Gasteiger partial charge in [0.25, 0.3) is 0 Å². The van der Waals surface area contributed by atoms with Crippen molar-refractivity contribution in [2.24, 2.45) is 5.92 Å². The summed E-state index contributed by atoms with van der Waals surface area (Å²) in [7, 11) is -3.68. The number of benzene rings is 1. The number of fused-ring (bicyclic) bond motifs is 1. The first kappa shape index (κ1) is 19.9. The highest BCUT2D eigenvalue weighted by Crippen LogP contribution is 2.30. The molecule has 1 aromatic carbocycles. The largest absolute Gasteiger partial charge is 0.354 e. The van der Waals surface area contributed by atoms with Gasteiger partial charge in [-0.05, 0) is 49.2 Å². The second-order valence-corrected chi connectivity index (χ2v) is 9.64. The molecule has 2 aliphatic rings. The van der Waals surface area contributed by atoms with Crippen LogP contribution in [0, 0.1) is 11.7 Å². The van der Waals surface area contributed by atoms with E-state index in [0.29, 0.717) is 18.7 Å². The molecule has 31 heavy (non-hydrogen) atoms. The van der Waals surface area contributed by atoms with Gasteiger partial charge in [0.2, 0.25) is 21.9 Å². The Labute approximate surface area is 178 Å². The van der Waals surface area contributed by atoms with E-state index in [1.165, 1.54) is 16.4 Å². The molecule has 9 nitrogen and oxygen atoms in total. The number of carbonyl (C=O) groups excluding carboxylic acids is 1. The minimum Gasteiger partial charge on any atom is -0.354 e. The van der Waals surface area contributed by atoms with E-state index in [-0.39, 0.29) is 35.8 Å². The third-order valence-electron chi connectivity index (χ3n) is 5.54. The molecule has 3 heterocycles. The van der Waals surface area contributed by atoms with Gasteiger partial charge in [-0.15, -0.1) is 5.10 Å². The number of nitrogens with one attached hydrogen (secondary N) is 1. The molecule has 11 heteroatoms. The van der Waals surface area contributed by atoms with Crippen LogP contribution >= 0.6 is 0 Å². The van der Waals surface area contributed by atoms with Crippen LogP contribution in [0.3, 0.4) is 0 Å². The number of sulfonamides is 1. The first-order valence-electron chi connectivity index (χ1n) is 10.1. The van der Waals surface area contributed by atoms with Crippen LogP contribution in [-0.2, 0) is 14.8 Å². The van der Waals surface area contributed by atoms with Gasteiger partial charge >= 0.3 is 0 Å². The topological polar surface area (TPSA) is 99.9 Å². The van der Waals surface area contributed by atoms with Crippen molar-refractivity contribution in [2.45, 2.75) is 17.7 Å². The second kappa shape index (κ2) is 7.57. The quantitative estimate of drug-likeness (QED) is 0.643. The van der Waals surface area contributed by atoms with Gasteiger partial charge in [-0.25, -0.2) is 12.8 Å². The molecule has 0 bridgehead atoms. The van der Waals surface area contributed by atoms with Gasteiger partial charge in [-0.1, -0.05) is 6.07 Å². The van der Waals surface area contributed by atoms with Gasteiger partial charge in [0.1, 0.15) is 11.6 Å². The number of halogens is 1. The van der Waals surface area contributed by atoms with Crippen molar-refractivity contribution in [1.82, 2.24) is 18.9 Å². The maximum Gasteiger partial charge on any atom is 0.249 e. The number of amides is 1. The highest BCUT2D eigenvalue weighted by Gasteiger charge is 2.31. The van der Waals surface area contributed by atoms with E-state index in [9.17, 15) is 17.6 Å². The van der Waals surface area contributed by atoms with Crippen LogP contribution in [0.2, 0.25) is 0 Å². The molecular weight excluding hydrogens is 423 g/mol. The summed E-state index contributed by atoms with van der Waals surface area (Å²) < 4.78 is 41.9. The number of hydrogen-bond donors (Lipinski definition) is 1. The molecule has 0 radical (unpaired) electrons. The molecule has 1 aliphatic heterocycles. The molecule has 2 aromatic heterocycles. The summed E-state index contributed by atoms with van der Waals surface area (Å²) in [6.45, 7) is 1.50. The SMILES string of the molecule is O=C(Nc1nc2cccc(N3CCN(S(=O)(=O)c4ccc(F)cc4)CC3)n2n1)C1CC1. The van der Waals surface area contributed by atoms with E-state index in [1.54, 1.807) is 10.6 Å². The van der Waals surface area contributed by atoms with Crippen LogP contribution in [0.5, 0.6) is 0 Å². The summed E-state index contributed by atoms with van der Waals surface area (Å²) in [5.74, 6) is 0.564. The van der Waals surface area contributed by atoms with Crippen molar-refractivity contribution in [3.05, 3.63) is 48.3 Å². The smallest absolute Gasteiger partial charge is 0.249 e. The molecule has 2 fully saturated rings. The minimum absolute atomic E-state index is 0.0576. The number of hydrogen-bond acceptors (Lipinski definition) is 6. The Morgan fingerprint density at radius 2 is 1.74 bits per heavy atom. The average molecular weight is 444 g/mol. The zero-order valence-electron chi connectivity index (χ0n) is 16.6. The van der Waals surface area contributed by atoms with E-state index in [1.807, 2.05) is 17.0 Å². The van der Waals surface area contributed by atoms with Crippen molar-refractivity contribution in [2.75, 3.05) is 36.4 Å². The Morgan fingerprint density at radius 3 is 2.42 bits per heavy atom. The summed E-state index contributed by atoms with van der Waals surface area (Å²) in [6, 6.07) is 10.4.